The van der Waals surface area contributed by atoms with Crippen LogP contribution in [0.5, 0.6) is 5.75 Å². The summed E-state index contributed by atoms with van der Waals surface area (Å²) in [5.41, 5.74) is 6.94. The number of hydrogen-bond donors (Lipinski definition) is 1. The molecule has 2 rings (SSSR count). The van der Waals surface area contributed by atoms with Gasteiger partial charge in [0.05, 0.1) is 0 Å². The van der Waals surface area contributed by atoms with Crippen molar-refractivity contribution in [2.45, 2.75) is 45.8 Å². The lowest BCUT2D eigenvalue weighted by Gasteiger charge is -2.12. The summed E-state index contributed by atoms with van der Waals surface area (Å²) in [5.74, 6) is 2.02. The van der Waals surface area contributed by atoms with Crippen molar-refractivity contribution in [1.29, 1.82) is 0 Å². The van der Waals surface area contributed by atoms with E-state index in [0.717, 1.165) is 40.9 Å². The van der Waals surface area contributed by atoms with Gasteiger partial charge >= 0.3 is 0 Å². The van der Waals surface area contributed by atoms with Crippen LogP contribution in [-0.2, 0) is 19.4 Å². The number of nitrogens with two attached hydrogens (primary N) is 1. The monoisotopic (exact) mass is 353 g/mol. The number of benzene rings is 1. The number of aryl methyl sites for hydroxylation is 1. The lowest BCUT2D eigenvalue weighted by atomic mass is 10.1. The first-order valence-electron chi connectivity index (χ1n) is 7.06. The molecule has 0 radical (unpaired) electrons. The standard InChI is InChI=1S/C15H20BrN3O2/c1-3-4-14-18-15(21-19-14)9-20-13-6-5-12(16)8-11(13)7-10(2)17/h5-6,8,10H,3-4,7,9,17H2,1-2H3. The minimum atomic E-state index is 0.0706. The quantitative estimate of drug-likeness (QED) is 0.826. The third-order valence-electron chi connectivity index (χ3n) is 2.90. The zero-order chi connectivity index (χ0) is 15.2. The van der Waals surface area contributed by atoms with Crippen LogP contribution in [-0.4, -0.2) is 16.2 Å². The first-order chi connectivity index (χ1) is 10.1. The van der Waals surface area contributed by atoms with Crippen LogP contribution < -0.4 is 10.5 Å². The van der Waals surface area contributed by atoms with Crippen molar-refractivity contribution in [2.75, 3.05) is 0 Å². The molecule has 1 unspecified atom stereocenters. The van der Waals surface area contributed by atoms with Crippen molar-refractivity contribution in [1.82, 2.24) is 10.1 Å². The zero-order valence-corrected chi connectivity index (χ0v) is 13.9. The molecule has 0 spiro atoms. The van der Waals surface area contributed by atoms with Crippen molar-refractivity contribution in [2.24, 2.45) is 5.73 Å². The Morgan fingerprint density at radius 2 is 2.24 bits per heavy atom. The van der Waals surface area contributed by atoms with Crippen molar-refractivity contribution in [3.63, 3.8) is 0 Å². The molecule has 0 aliphatic heterocycles. The highest BCUT2D eigenvalue weighted by molar-refractivity contribution is 9.10. The highest BCUT2D eigenvalue weighted by atomic mass is 79.9. The molecule has 114 valence electrons. The van der Waals surface area contributed by atoms with E-state index in [0.29, 0.717) is 5.89 Å². The summed E-state index contributed by atoms with van der Waals surface area (Å²) in [7, 11) is 0. The van der Waals surface area contributed by atoms with E-state index in [1.807, 2.05) is 25.1 Å². The molecule has 1 aromatic carbocycles. The van der Waals surface area contributed by atoms with E-state index < -0.39 is 0 Å². The summed E-state index contributed by atoms with van der Waals surface area (Å²) >= 11 is 3.47. The first kappa shape index (κ1) is 16.0. The van der Waals surface area contributed by atoms with Crippen LogP contribution in [0.1, 0.15) is 37.5 Å². The van der Waals surface area contributed by atoms with Gasteiger partial charge in [-0.15, -0.1) is 0 Å². The van der Waals surface area contributed by atoms with Gasteiger partial charge in [0, 0.05) is 16.9 Å². The summed E-state index contributed by atoms with van der Waals surface area (Å²) in [6.07, 6.45) is 2.56. The number of halogens is 1. The number of ether oxygens (including phenoxy) is 1. The van der Waals surface area contributed by atoms with Crippen molar-refractivity contribution in [3.8, 4) is 5.75 Å². The molecule has 6 heteroatoms. The molecule has 2 N–H and O–H groups in total. The molecule has 0 aliphatic rings. The van der Waals surface area contributed by atoms with E-state index in [2.05, 4.69) is 33.0 Å². The van der Waals surface area contributed by atoms with Crippen molar-refractivity contribution >= 4 is 15.9 Å². The van der Waals surface area contributed by atoms with E-state index in [1.54, 1.807) is 0 Å². The molecule has 0 saturated carbocycles. The van der Waals surface area contributed by atoms with Crippen molar-refractivity contribution in [3.05, 3.63) is 40.0 Å². The van der Waals surface area contributed by atoms with Crippen LogP contribution in [0.4, 0.5) is 0 Å². The molecular weight excluding hydrogens is 334 g/mol. The van der Waals surface area contributed by atoms with Crippen LogP contribution in [0.15, 0.2) is 27.2 Å². The summed E-state index contributed by atoms with van der Waals surface area (Å²) in [6.45, 7) is 4.32. The predicted octanol–water partition coefficient (Wildman–Crippen LogP) is 3.25. The minimum Gasteiger partial charge on any atom is -0.483 e. The van der Waals surface area contributed by atoms with E-state index >= 15 is 0 Å². The van der Waals surface area contributed by atoms with Gasteiger partial charge in [0.2, 0.25) is 0 Å². The Hall–Kier alpha value is -1.40. The average molecular weight is 354 g/mol. The maximum Gasteiger partial charge on any atom is 0.264 e. The number of nitrogens with zero attached hydrogens (tertiary/aromatic N) is 2. The van der Waals surface area contributed by atoms with Crippen LogP contribution in [0.25, 0.3) is 0 Å². The highest BCUT2D eigenvalue weighted by Crippen LogP contribution is 2.25. The fourth-order valence-electron chi connectivity index (χ4n) is 2.01. The van der Waals surface area contributed by atoms with Gasteiger partial charge in [0.1, 0.15) is 5.75 Å². The lowest BCUT2D eigenvalue weighted by molar-refractivity contribution is 0.240. The van der Waals surface area contributed by atoms with Crippen LogP contribution >= 0.6 is 15.9 Å². The Bertz CT molecular complexity index is 584. The van der Waals surface area contributed by atoms with Gasteiger partial charge < -0.3 is 15.0 Å². The van der Waals surface area contributed by atoms with E-state index in [4.69, 9.17) is 15.0 Å². The van der Waals surface area contributed by atoms with Gasteiger partial charge in [-0.2, -0.15) is 4.98 Å². The molecule has 2 aromatic rings. The molecule has 5 nitrogen and oxygen atoms in total. The van der Waals surface area contributed by atoms with Crippen LogP contribution in [0.3, 0.4) is 0 Å². The normalized spacial score (nSPS) is 12.4. The third kappa shape index (κ3) is 4.82. The largest absolute Gasteiger partial charge is 0.483 e. The fourth-order valence-corrected chi connectivity index (χ4v) is 2.42. The molecule has 0 saturated heterocycles. The Morgan fingerprint density at radius 1 is 1.43 bits per heavy atom. The smallest absolute Gasteiger partial charge is 0.264 e. The summed E-state index contributed by atoms with van der Waals surface area (Å²) in [4.78, 5) is 4.29. The van der Waals surface area contributed by atoms with Gasteiger partial charge in [-0.05, 0) is 43.5 Å². The Kier molecular flexibility index (Phi) is 5.76. The number of rotatable bonds is 7. The SMILES string of the molecule is CCCc1noc(COc2ccc(Br)cc2CC(C)N)n1. The summed E-state index contributed by atoms with van der Waals surface area (Å²) in [5, 5.41) is 3.91. The Morgan fingerprint density at radius 3 is 2.95 bits per heavy atom. The molecule has 21 heavy (non-hydrogen) atoms. The van der Waals surface area contributed by atoms with Gasteiger partial charge in [-0.25, -0.2) is 0 Å². The van der Waals surface area contributed by atoms with Gasteiger partial charge in [0.15, 0.2) is 12.4 Å². The molecule has 0 amide bonds. The molecule has 0 fully saturated rings. The van der Waals surface area contributed by atoms with E-state index in [-0.39, 0.29) is 12.6 Å². The molecule has 1 aromatic heterocycles. The molecule has 0 aliphatic carbocycles. The summed E-state index contributed by atoms with van der Waals surface area (Å²) < 4.78 is 12.0. The maximum atomic E-state index is 5.88. The maximum absolute atomic E-state index is 5.88. The average Bonchev–Trinajstić information content (AvgIpc) is 2.85. The molecule has 0 bridgehead atoms. The third-order valence-corrected chi connectivity index (χ3v) is 3.39. The zero-order valence-electron chi connectivity index (χ0n) is 12.3. The second-order valence-corrected chi connectivity index (χ2v) is 5.99. The van der Waals surface area contributed by atoms with Crippen LogP contribution in [0.2, 0.25) is 0 Å². The lowest BCUT2D eigenvalue weighted by Crippen LogP contribution is -2.18. The summed E-state index contributed by atoms with van der Waals surface area (Å²) in [6, 6.07) is 5.96. The highest BCUT2D eigenvalue weighted by Gasteiger charge is 2.10. The van der Waals surface area contributed by atoms with Gasteiger partial charge in [0.25, 0.3) is 5.89 Å². The molecular formula is C15H20BrN3O2. The van der Waals surface area contributed by atoms with E-state index in [9.17, 15) is 0 Å². The number of hydrogen-bond acceptors (Lipinski definition) is 5. The Balaban J connectivity index is 2.04. The van der Waals surface area contributed by atoms with Crippen molar-refractivity contribution < 1.29 is 9.26 Å². The Labute approximate surface area is 133 Å². The van der Waals surface area contributed by atoms with Gasteiger partial charge in [-0.1, -0.05) is 28.0 Å². The number of aromatic nitrogens is 2. The topological polar surface area (TPSA) is 74.2 Å². The fraction of sp³-hybridized carbons (Fsp3) is 0.467. The molecule has 1 atom stereocenters. The second kappa shape index (κ2) is 7.56. The molecule has 1 heterocycles. The second-order valence-electron chi connectivity index (χ2n) is 5.08. The van der Waals surface area contributed by atoms with E-state index in [1.165, 1.54) is 0 Å². The van der Waals surface area contributed by atoms with Gasteiger partial charge in [-0.3, -0.25) is 0 Å². The first-order valence-corrected chi connectivity index (χ1v) is 7.86. The van der Waals surface area contributed by atoms with Crippen LogP contribution in [0, 0.1) is 0 Å². The minimum absolute atomic E-state index is 0.0706. The predicted molar refractivity (Wildman–Crippen MR) is 84.1 cm³/mol.